The average molecular weight is 412 g/mol. The number of hydrogen-bond acceptors (Lipinski definition) is 6. The Labute approximate surface area is 183 Å². The molecule has 0 unspecified atom stereocenters. The van der Waals surface area contributed by atoms with Crippen molar-refractivity contribution in [2.45, 2.75) is 0 Å². The molecule has 6 aromatic rings. The molecule has 0 aliphatic heterocycles. The molecule has 0 amide bonds. The lowest BCUT2D eigenvalue weighted by Crippen LogP contribution is -1.94. The van der Waals surface area contributed by atoms with Crippen molar-refractivity contribution >= 4 is 21.5 Å². The molecule has 6 heterocycles. The summed E-state index contributed by atoms with van der Waals surface area (Å²) in [6.45, 7) is 0. The van der Waals surface area contributed by atoms with E-state index in [0.717, 1.165) is 55.7 Å². The number of pyridine rings is 6. The molecule has 0 saturated heterocycles. The van der Waals surface area contributed by atoms with E-state index in [9.17, 15) is 0 Å². The summed E-state index contributed by atoms with van der Waals surface area (Å²) < 4.78 is 0. The van der Waals surface area contributed by atoms with Gasteiger partial charge in [0, 0.05) is 58.7 Å². The highest BCUT2D eigenvalue weighted by molar-refractivity contribution is 5.97. The third kappa shape index (κ3) is 3.15. The van der Waals surface area contributed by atoms with E-state index in [-0.39, 0.29) is 0 Å². The van der Waals surface area contributed by atoms with Crippen molar-refractivity contribution in [1.29, 1.82) is 0 Å². The largest absolute Gasteiger partial charge is 0.255 e. The van der Waals surface area contributed by atoms with Gasteiger partial charge in [0.05, 0.1) is 34.2 Å². The first-order chi connectivity index (χ1) is 15.9. The van der Waals surface area contributed by atoms with Crippen molar-refractivity contribution in [2.75, 3.05) is 0 Å². The Kier molecular flexibility index (Phi) is 4.32. The summed E-state index contributed by atoms with van der Waals surface area (Å²) in [5.74, 6) is 0. The summed E-state index contributed by atoms with van der Waals surface area (Å²) in [4.78, 5) is 27.5. The minimum atomic E-state index is 0.764. The van der Waals surface area contributed by atoms with Crippen LogP contribution < -0.4 is 0 Å². The van der Waals surface area contributed by atoms with Crippen molar-refractivity contribution in [3.05, 3.63) is 97.8 Å². The summed E-state index contributed by atoms with van der Waals surface area (Å²) in [7, 11) is 0. The Morgan fingerprint density at radius 1 is 0.406 bits per heavy atom. The minimum Gasteiger partial charge on any atom is -0.255 e. The molecule has 0 radical (unpaired) electrons. The molecule has 0 fully saturated rings. The highest BCUT2D eigenvalue weighted by Gasteiger charge is 2.12. The number of hydrogen-bond donors (Lipinski definition) is 0. The monoisotopic (exact) mass is 412 g/mol. The highest BCUT2D eigenvalue weighted by Crippen LogP contribution is 2.30. The van der Waals surface area contributed by atoms with Crippen LogP contribution in [0.2, 0.25) is 0 Å². The first-order valence-electron chi connectivity index (χ1n) is 10.2. The van der Waals surface area contributed by atoms with Gasteiger partial charge in [0.15, 0.2) is 0 Å². The van der Waals surface area contributed by atoms with Crippen LogP contribution >= 0.6 is 0 Å². The molecule has 150 valence electrons. The summed E-state index contributed by atoms with van der Waals surface area (Å²) in [5, 5.41) is 3.96. The van der Waals surface area contributed by atoms with Crippen LogP contribution in [0.25, 0.3) is 55.7 Å². The highest BCUT2D eigenvalue weighted by atomic mass is 14.8. The zero-order valence-corrected chi connectivity index (χ0v) is 16.9. The maximum atomic E-state index is 4.67. The zero-order chi connectivity index (χ0) is 21.3. The van der Waals surface area contributed by atoms with Gasteiger partial charge in [-0.2, -0.15) is 0 Å². The molecule has 0 spiro atoms. The molecule has 0 bridgehead atoms. The van der Waals surface area contributed by atoms with Gasteiger partial charge in [0.25, 0.3) is 0 Å². The molecule has 0 atom stereocenters. The molecule has 0 aliphatic carbocycles. The van der Waals surface area contributed by atoms with Crippen molar-refractivity contribution in [3.63, 3.8) is 0 Å². The van der Waals surface area contributed by atoms with E-state index in [4.69, 9.17) is 0 Å². The van der Waals surface area contributed by atoms with Gasteiger partial charge in [-0.3, -0.25) is 29.9 Å². The van der Waals surface area contributed by atoms with Gasteiger partial charge >= 0.3 is 0 Å². The van der Waals surface area contributed by atoms with Crippen LogP contribution in [0.4, 0.5) is 0 Å². The number of aromatic nitrogens is 6. The van der Waals surface area contributed by atoms with Crippen molar-refractivity contribution < 1.29 is 0 Å². The first-order valence-corrected chi connectivity index (χ1v) is 10.2. The van der Waals surface area contributed by atoms with Crippen molar-refractivity contribution in [2.24, 2.45) is 0 Å². The van der Waals surface area contributed by atoms with E-state index in [1.54, 1.807) is 24.8 Å². The molecule has 32 heavy (non-hydrogen) atoms. The third-order valence-electron chi connectivity index (χ3n) is 5.37. The van der Waals surface area contributed by atoms with Gasteiger partial charge < -0.3 is 0 Å². The average Bonchev–Trinajstić information content (AvgIpc) is 2.88. The lowest BCUT2D eigenvalue weighted by molar-refractivity contribution is 1.24. The minimum absolute atomic E-state index is 0.764. The number of fused-ring (bicyclic) bond motifs is 2. The Hall–Kier alpha value is -4.58. The number of nitrogens with zero attached hydrogens (tertiary/aromatic N) is 6. The van der Waals surface area contributed by atoms with Crippen LogP contribution in [0.15, 0.2) is 97.8 Å². The Balaban J connectivity index is 1.54. The standard InChI is InChI=1S/C26H16N6/c1-3-9-27-21(5-1)25-19-13-23(31-15-17(19)7-11-29-25)24-14-20-18(16-32-24)8-12-30-26(20)22-6-2-4-10-28-22/h1-16H. The lowest BCUT2D eigenvalue weighted by atomic mass is 10.0. The molecule has 6 nitrogen and oxygen atoms in total. The molecule has 0 aliphatic rings. The Morgan fingerprint density at radius 3 is 1.34 bits per heavy atom. The second-order valence-electron chi connectivity index (χ2n) is 7.33. The van der Waals surface area contributed by atoms with Gasteiger partial charge in [-0.15, -0.1) is 0 Å². The summed E-state index contributed by atoms with van der Waals surface area (Å²) in [6, 6.07) is 19.6. The van der Waals surface area contributed by atoms with Crippen LogP contribution in [-0.2, 0) is 0 Å². The quantitative estimate of drug-likeness (QED) is 0.389. The van der Waals surface area contributed by atoms with Gasteiger partial charge in [-0.1, -0.05) is 12.1 Å². The molecule has 6 heteroatoms. The summed E-state index contributed by atoms with van der Waals surface area (Å²) >= 11 is 0. The zero-order valence-electron chi connectivity index (χ0n) is 16.9. The summed E-state index contributed by atoms with van der Waals surface area (Å²) in [5.41, 5.74) is 4.82. The molecule has 6 aromatic heterocycles. The second kappa shape index (κ2) is 7.59. The Morgan fingerprint density at radius 2 is 0.906 bits per heavy atom. The fourth-order valence-corrected chi connectivity index (χ4v) is 3.83. The van der Waals surface area contributed by atoms with Crippen LogP contribution in [0.1, 0.15) is 0 Å². The maximum Gasteiger partial charge on any atom is 0.0965 e. The van der Waals surface area contributed by atoms with Gasteiger partial charge in [-0.05, 0) is 48.5 Å². The topological polar surface area (TPSA) is 77.3 Å². The van der Waals surface area contributed by atoms with Gasteiger partial charge in [0.2, 0.25) is 0 Å². The van der Waals surface area contributed by atoms with Crippen LogP contribution in [0.3, 0.4) is 0 Å². The van der Waals surface area contributed by atoms with Crippen LogP contribution in [0, 0.1) is 0 Å². The van der Waals surface area contributed by atoms with E-state index >= 15 is 0 Å². The van der Waals surface area contributed by atoms with Crippen molar-refractivity contribution in [1.82, 2.24) is 29.9 Å². The van der Waals surface area contributed by atoms with E-state index in [1.165, 1.54) is 0 Å². The predicted molar refractivity (Wildman–Crippen MR) is 125 cm³/mol. The fourth-order valence-electron chi connectivity index (χ4n) is 3.83. The number of rotatable bonds is 3. The molecular formula is C26H16N6. The van der Waals surface area contributed by atoms with Crippen LogP contribution in [-0.4, -0.2) is 29.9 Å². The SMILES string of the molecule is c1ccc(-c2nccc3cnc(-c4cc5c(-c6ccccn6)nccc5cn4)cc23)nc1. The van der Waals surface area contributed by atoms with E-state index < -0.39 is 0 Å². The summed E-state index contributed by atoms with van der Waals surface area (Å²) in [6.07, 6.45) is 10.8. The molecular weight excluding hydrogens is 396 g/mol. The fraction of sp³-hybridized carbons (Fsp3) is 0. The molecule has 6 rings (SSSR count). The lowest BCUT2D eigenvalue weighted by Gasteiger charge is -2.09. The van der Waals surface area contributed by atoms with Gasteiger partial charge in [-0.25, -0.2) is 0 Å². The molecule has 0 saturated carbocycles. The molecule has 0 N–H and O–H groups in total. The van der Waals surface area contributed by atoms with E-state index in [0.29, 0.717) is 0 Å². The smallest absolute Gasteiger partial charge is 0.0965 e. The normalized spacial score (nSPS) is 11.1. The third-order valence-corrected chi connectivity index (χ3v) is 5.37. The predicted octanol–water partition coefficient (Wildman–Crippen LogP) is 5.36. The van der Waals surface area contributed by atoms with E-state index in [2.05, 4.69) is 29.9 Å². The maximum absolute atomic E-state index is 4.67. The van der Waals surface area contributed by atoms with Crippen molar-refractivity contribution in [3.8, 4) is 34.2 Å². The first kappa shape index (κ1) is 18.2. The van der Waals surface area contributed by atoms with Crippen LogP contribution in [0.5, 0.6) is 0 Å². The molecule has 0 aromatic carbocycles. The Bertz CT molecular complexity index is 1450. The second-order valence-corrected chi connectivity index (χ2v) is 7.33. The van der Waals surface area contributed by atoms with Gasteiger partial charge in [0.1, 0.15) is 0 Å². The van der Waals surface area contributed by atoms with E-state index in [1.807, 2.05) is 73.1 Å².